The Morgan fingerprint density at radius 3 is 2.70 bits per heavy atom. The number of hydrogen-bond donors (Lipinski definition) is 1. The summed E-state index contributed by atoms with van der Waals surface area (Å²) < 4.78 is 0. The third-order valence-electron chi connectivity index (χ3n) is 5.06. The molecule has 1 heterocycles. The fourth-order valence-corrected chi connectivity index (χ4v) is 3.52. The molecular weight excluding hydrogens is 360 g/mol. The molecule has 5 heteroatoms. The molecule has 0 aromatic heterocycles. The Labute approximate surface area is 165 Å². The number of anilines is 1. The zero-order valence-corrected chi connectivity index (χ0v) is 16.5. The molecule has 3 rings (SSSR count). The summed E-state index contributed by atoms with van der Waals surface area (Å²) in [6, 6.07) is 15.9. The lowest BCUT2D eigenvalue weighted by Crippen LogP contribution is -2.38. The molecule has 0 spiro atoms. The van der Waals surface area contributed by atoms with Crippen LogP contribution in [0.2, 0.25) is 5.02 Å². The molecule has 1 fully saturated rings. The number of hydrogen-bond acceptors (Lipinski definition) is 2. The second-order valence-electron chi connectivity index (χ2n) is 7.27. The summed E-state index contributed by atoms with van der Waals surface area (Å²) in [6.07, 6.45) is 2.02. The van der Waals surface area contributed by atoms with Crippen LogP contribution in [0.1, 0.15) is 30.9 Å². The number of carbonyl (C=O) groups excluding carboxylic acids is 2. The summed E-state index contributed by atoms with van der Waals surface area (Å²) >= 11 is 6.18. The van der Waals surface area contributed by atoms with Crippen molar-refractivity contribution in [2.45, 2.75) is 39.2 Å². The molecule has 142 valence electrons. The second-order valence-corrected chi connectivity index (χ2v) is 7.68. The number of amides is 2. The first kappa shape index (κ1) is 19.4. The molecule has 2 amide bonds. The summed E-state index contributed by atoms with van der Waals surface area (Å²) in [7, 11) is 0. The van der Waals surface area contributed by atoms with Crippen molar-refractivity contribution >= 4 is 29.1 Å². The second kappa shape index (κ2) is 8.57. The summed E-state index contributed by atoms with van der Waals surface area (Å²) in [5, 5.41) is 3.69. The zero-order chi connectivity index (χ0) is 19.4. The first-order valence-corrected chi connectivity index (χ1v) is 9.72. The van der Waals surface area contributed by atoms with E-state index in [0.717, 1.165) is 24.1 Å². The van der Waals surface area contributed by atoms with Crippen LogP contribution >= 0.6 is 11.6 Å². The van der Waals surface area contributed by atoms with Crippen molar-refractivity contribution < 1.29 is 9.59 Å². The summed E-state index contributed by atoms with van der Waals surface area (Å²) in [4.78, 5) is 26.6. The van der Waals surface area contributed by atoms with E-state index in [-0.39, 0.29) is 30.2 Å². The minimum absolute atomic E-state index is 0.0352. The molecule has 4 nitrogen and oxygen atoms in total. The number of aryl methyl sites for hydroxylation is 2. The minimum atomic E-state index is -0.322. The monoisotopic (exact) mass is 384 g/mol. The largest absolute Gasteiger partial charge is 0.353 e. The highest BCUT2D eigenvalue weighted by Crippen LogP contribution is 2.29. The molecule has 2 aromatic carbocycles. The Kier molecular flexibility index (Phi) is 6.17. The Morgan fingerprint density at radius 2 is 2.00 bits per heavy atom. The van der Waals surface area contributed by atoms with Gasteiger partial charge in [0.15, 0.2) is 0 Å². The van der Waals surface area contributed by atoms with E-state index in [4.69, 9.17) is 11.6 Å². The van der Waals surface area contributed by atoms with Crippen molar-refractivity contribution in [2.75, 3.05) is 11.4 Å². The van der Waals surface area contributed by atoms with Crippen LogP contribution in [0.3, 0.4) is 0 Å². The smallest absolute Gasteiger partial charge is 0.227 e. The summed E-state index contributed by atoms with van der Waals surface area (Å²) in [5.74, 6) is -0.409. The third-order valence-corrected chi connectivity index (χ3v) is 5.47. The van der Waals surface area contributed by atoms with E-state index in [2.05, 4.69) is 17.4 Å². The molecule has 0 unspecified atom stereocenters. The Bertz CT molecular complexity index is 822. The Balaban J connectivity index is 1.54. The molecule has 1 aliphatic heterocycles. The van der Waals surface area contributed by atoms with Crippen molar-refractivity contribution in [3.8, 4) is 0 Å². The van der Waals surface area contributed by atoms with E-state index in [1.165, 1.54) is 5.56 Å². The molecule has 1 aliphatic rings. The predicted octanol–water partition coefficient (Wildman–Crippen LogP) is 4.14. The van der Waals surface area contributed by atoms with E-state index < -0.39 is 0 Å². The number of benzene rings is 2. The van der Waals surface area contributed by atoms with Gasteiger partial charge in [0.05, 0.1) is 5.92 Å². The normalized spacial score (nSPS) is 17.8. The van der Waals surface area contributed by atoms with Gasteiger partial charge in [0.1, 0.15) is 0 Å². The summed E-state index contributed by atoms with van der Waals surface area (Å²) in [5.41, 5.74) is 2.98. The average Bonchev–Trinajstić information content (AvgIpc) is 3.05. The van der Waals surface area contributed by atoms with E-state index in [1.54, 1.807) is 11.0 Å². The van der Waals surface area contributed by atoms with Gasteiger partial charge in [-0.15, -0.1) is 0 Å². The van der Waals surface area contributed by atoms with Crippen molar-refractivity contribution in [1.82, 2.24) is 5.32 Å². The lowest BCUT2D eigenvalue weighted by atomic mass is 10.0. The molecule has 0 aliphatic carbocycles. The van der Waals surface area contributed by atoms with Crippen LogP contribution in [0, 0.1) is 12.8 Å². The van der Waals surface area contributed by atoms with Gasteiger partial charge >= 0.3 is 0 Å². The number of carbonyl (C=O) groups is 2. The van der Waals surface area contributed by atoms with Gasteiger partial charge in [0.25, 0.3) is 0 Å². The molecule has 1 N–H and O–H groups in total. The fraction of sp³-hybridized carbons (Fsp3) is 0.364. The molecule has 0 radical (unpaired) electrons. The van der Waals surface area contributed by atoms with Gasteiger partial charge in [0.2, 0.25) is 11.8 Å². The highest BCUT2D eigenvalue weighted by molar-refractivity contribution is 6.31. The maximum Gasteiger partial charge on any atom is 0.227 e. The molecule has 2 atom stereocenters. The molecule has 1 saturated heterocycles. The average molecular weight is 385 g/mol. The van der Waals surface area contributed by atoms with E-state index in [1.807, 2.05) is 44.2 Å². The lowest BCUT2D eigenvalue weighted by Gasteiger charge is -2.19. The maximum absolute atomic E-state index is 12.6. The van der Waals surface area contributed by atoms with Crippen molar-refractivity contribution in [3.63, 3.8) is 0 Å². The maximum atomic E-state index is 12.6. The Hall–Kier alpha value is -2.33. The van der Waals surface area contributed by atoms with E-state index in [9.17, 15) is 9.59 Å². The first-order valence-electron chi connectivity index (χ1n) is 9.35. The topological polar surface area (TPSA) is 49.4 Å². The third kappa shape index (κ3) is 4.89. The van der Waals surface area contributed by atoms with Gasteiger partial charge in [-0.2, -0.15) is 0 Å². The van der Waals surface area contributed by atoms with Crippen LogP contribution in [-0.2, 0) is 16.0 Å². The number of rotatable bonds is 6. The quantitative estimate of drug-likeness (QED) is 0.813. The molecule has 2 aromatic rings. The standard InChI is InChI=1S/C22H25ClN2O2/c1-15-8-11-19(13-20(15)23)25-14-18(12-21(25)26)22(27)24-16(2)9-10-17-6-4-3-5-7-17/h3-8,11,13,16,18H,9-10,12,14H2,1-2H3,(H,24,27)/t16-,18+/m1/s1. The molecular formula is C22H25ClN2O2. The fourth-order valence-electron chi connectivity index (χ4n) is 3.34. The number of nitrogens with zero attached hydrogens (tertiary/aromatic N) is 1. The molecule has 27 heavy (non-hydrogen) atoms. The Morgan fingerprint density at radius 1 is 1.26 bits per heavy atom. The minimum Gasteiger partial charge on any atom is -0.353 e. The van der Waals surface area contributed by atoms with Gasteiger partial charge in [-0.3, -0.25) is 9.59 Å². The highest BCUT2D eigenvalue weighted by atomic mass is 35.5. The molecule has 0 saturated carbocycles. The van der Waals surface area contributed by atoms with E-state index in [0.29, 0.717) is 11.6 Å². The van der Waals surface area contributed by atoms with Crippen molar-refractivity contribution in [1.29, 1.82) is 0 Å². The van der Waals surface area contributed by atoms with Crippen LogP contribution in [0.4, 0.5) is 5.69 Å². The first-order chi connectivity index (χ1) is 12.9. The summed E-state index contributed by atoms with van der Waals surface area (Å²) in [6.45, 7) is 4.33. The van der Waals surface area contributed by atoms with Crippen LogP contribution in [-0.4, -0.2) is 24.4 Å². The predicted molar refractivity (Wildman–Crippen MR) is 109 cm³/mol. The van der Waals surface area contributed by atoms with Crippen LogP contribution < -0.4 is 10.2 Å². The van der Waals surface area contributed by atoms with Gasteiger partial charge in [-0.05, 0) is 49.9 Å². The van der Waals surface area contributed by atoms with Crippen LogP contribution in [0.15, 0.2) is 48.5 Å². The zero-order valence-electron chi connectivity index (χ0n) is 15.7. The SMILES string of the molecule is Cc1ccc(N2C[C@@H](C(=O)N[C@H](C)CCc3ccccc3)CC2=O)cc1Cl. The van der Waals surface area contributed by atoms with Gasteiger partial charge in [0, 0.05) is 29.7 Å². The molecule has 0 bridgehead atoms. The van der Waals surface area contributed by atoms with Crippen LogP contribution in [0.25, 0.3) is 0 Å². The van der Waals surface area contributed by atoms with E-state index >= 15 is 0 Å². The number of halogens is 1. The highest BCUT2D eigenvalue weighted by Gasteiger charge is 2.35. The van der Waals surface area contributed by atoms with Crippen LogP contribution in [0.5, 0.6) is 0 Å². The van der Waals surface area contributed by atoms with Crippen molar-refractivity contribution in [3.05, 3.63) is 64.7 Å². The van der Waals surface area contributed by atoms with Gasteiger partial charge in [-0.25, -0.2) is 0 Å². The van der Waals surface area contributed by atoms with Crippen molar-refractivity contribution in [2.24, 2.45) is 5.92 Å². The lowest BCUT2D eigenvalue weighted by molar-refractivity contribution is -0.126. The number of nitrogens with one attached hydrogen (secondary N) is 1. The van der Waals surface area contributed by atoms with Gasteiger partial charge < -0.3 is 10.2 Å². The van der Waals surface area contributed by atoms with Gasteiger partial charge in [-0.1, -0.05) is 48.0 Å².